The Hall–Kier alpha value is -1.59. The number of carbonyl (C=O) groups is 1. The van der Waals surface area contributed by atoms with Gasteiger partial charge in [0, 0.05) is 19.1 Å². The van der Waals surface area contributed by atoms with Gasteiger partial charge in [0.2, 0.25) is 5.91 Å². The van der Waals surface area contributed by atoms with Crippen molar-refractivity contribution >= 4 is 5.91 Å². The van der Waals surface area contributed by atoms with Crippen LogP contribution in [0.3, 0.4) is 0 Å². The minimum Gasteiger partial charge on any atom is -0.491 e. The predicted molar refractivity (Wildman–Crippen MR) is 95.2 cm³/mol. The summed E-state index contributed by atoms with van der Waals surface area (Å²) in [5.41, 5.74) is 0. The zero-order valence-electron chi connectivity index (χ0n) is 14.9. The van der Waals surface area contributed by atoms with Crippen molar-refractivity contribution in [2.24, 2.45) is 5.92 Å². The average molecular weight is 334 g/mol. The molecule has 1 aliphatic heterocycles. The van der Waals surface area contributed by atoms with Crippen LogP contribution in [0.2, 0.25) is 0 Å². The Kier molecular flexibility index (Phi) is 8.05. The first kappa shape index (κ1) is 18.7. The van der Waals surface area contributed by atoms with E-state index in [9.17, 15) is 4.79 Å². The van der Waals surface area contributed by atoms with Crippen molar-refractivity contribution < 1.29 is 14.3 Å². The molecule has 0 radical (unpaired) electrons. The number of hydrogen-bond acceptors (Lipinski definition) is 4. The van der Waals surface area contributed by atoms with Crippen LogP contribution in [0.25, 0.3) is 0 Å². The van der Waals surface area contributed by atoms with Gasteiger partial charge in [-0.05, 0) is 44.4 Å². The molecule has 1 heterocycles. The Bertz CT molecular complexity index is 481. The van der Waals surface area contributed by atoms with Gasteiger partial charge in [0.1, 0.15) is 19.0 Å². The summed E-state index contributed by atoms with van der Waals surface area (Å²) in [6.07, 6.45) is 2.57. The molecule has 0 aromatic heterocycles. The van der Waals surface area contributed by atoms with Crippen molar-refractivity contribution in [3.63, 3.8) is 0 Å². The quantitative estimate of drug-likeness (QED) is 0.704. The van der Waals surface area contributed by atoms with Gasteiger partial charge in [0.25, 0.3) is 0 Å². The number of likely N-dealkylation sites (tertiary alicyclic amines) is 1. The third-order valence-corrected chi connectivity index (χ3v) is 4.38. The molecule has 0 bridgehead atoms. The Balaban J connectivity index is 1.51. The third-order valence-electron chi connectivity index (χ3n) is 4.38. The second-order valence-corrected chi connectivity index (χ2v) is 6.61. The fraction of sp³-hybridized carbons (Fsp3) is 0.632. The lowest BCUT2D eigenvalue weighted by Crippen LogP contribution is -2.46. The molecule has 1 aliphatic rings. The Labute approximate surface area is 145 Å². The zero-order chi connectivity index (χ0) is 17.2. The number of amides is 1. The van der Waals surface area contributed by atoms with Crippen LogP contribution in [0.4, 0.5) is 0 Å². The van der Waals surface area contributed by atoms with Crippen LogP contribution in [0.15, 0.2) is 30.3 Å². The second kappa shape index (κ2) is 10.3. The van der Waals surface area contributed by atoms with Gasteiger partial charge in [0.15, 0.2) is 0 Å². The van der Waals surface area contributed by atoms with Gasteiger partial charge in [-0.25, -0.2) is 0 Å². The van der Waals surface area contributed by atoms with Crippen LogP contribution in [0.5, 0.6) is 5.75 Å². The number of para-hydroxylation sites is 1. The van der Waals surface area contributed by atoms with Crippen molar-refractivity contribution in [2.45, 2.75) is 32.7 Å². The average Bonchev–Trinajstić information content (AvgIpc) is 2.60. The summed E-state index contributed by atoms with van der Waals surface area (Å²) in [6.45, 7) is 8.34. The summed E-state index contributed by atoms with van der Waals surface area (Å²) in [5, 5.41) is 2.96. The van der Waals surface area contributed by atoms with Gasteiger partial charge in [-0.2, -0.15) is 0 Å². The summed E-state index contributed by atoms with van der Waals surface area (Å²) >= 11 is 0. The summed E-state index contributed by atoms with van der Waals surface area (Å²) < 4.78 is 10.9. The molecule has 5 heteroatoms. The van der Waals surface area contributed by atoms with Crippen LogP contribution in [0.1, 0.15) is 26.7 Å². The molecule has 1 saturated heterocycles. The van der Waals surface area contributed by atoms with E-state index in [-0.39, 0.29) is 12.5 Å². The number of piperidine rings is 1. The minimum absolute atomic E-state index is 0.0633. The molecule has 1 fully saturated rings. The largest absolute Gasteiger partial charge is 0.491 e. The highest BCUT2D eigenvalue weighted by molar-refractivity contribution is 5.77. The smallest absolute Gasteiger partial charge is 0.246 e. The van der Waals surface area contributed by atoms with Gasteiger partial charge in [0.05, 0.1) is 6.61 Å². The highest BCUT2D eigenvalue weighted by Crippen LogP contribution is 2.17. The van der Waals surface area contributed by atoms with Crippen LogP contribution in [0, 0.1) is 5.92 Å². The maximum atomic E-state index is 11.8. The number of nitrogens with zero attached hydrogens (tertiary/aromatic N) is 1. The van der Waals surface area contributed by atoms with E-state index in [0.717, 1.165) is 24.8 Å². The highest BCUT2D eigenvalue weighted by Gasteiger charge is 2.21. The van der Waals surface area contributed by atoms with Crippen LogP contribution in [-0.2, 0) is 9.53 Å². The normalized spacial score (nSPS) is 19.7. The number of carbonyl (C=O) groups excluding carboxylic acids is 1. The zero-order valence-corrected chi connectivity index (χ0v) is 14.9. The molecule has 1 N–H and O–H groups in total. The molecule has 0 spiro atoms. The van der Waals surface area contributed by atoms with E-state index in [2.05, 4.69) is 24.1 Å². The first-order chi connectivity index (χ1) is 11.6. The number of hydrogen-bond donors (Lipinski definition) is 1. The molecule has 1 aromatic rings. The van der Waals surface area contributed by atoms with Crippen molar-refractivity contribution in [1.82, 2.24) is 10.2 Å². The topological polar surface area (TPSA) is 50.8 Å². The molecular weight excluding hydrogens is 304 g/mol. The molecule has 0 aliphatic carbocycles. The van der Waals surface area contributed by atoms with Gasteiger partial charge in [-0.15, -0.1) is 0 Å². The fourth-order valence-electron chi connectivity index (χ4n) is 2.97. The lowest BCUT2D eigenvalue weighted by Gasteiger charge is -2.35. The van der Waals surface area contributed by atoms with Gasteiger partial charge in [-0.3, -0.25) is 9.69 Å². The third kappa shape index (κ3) is 6.89. The monoisotopic (exact) mass is 334 g/mol. The standard InChI is InChI=1S/C19H30N2O3/c1-16-7-6-10-21(14-16)17(2)13-20-19(22)15-23-11-12-24-18-8-4-3-5-9-18/h3-5,8-9,16-17H,6-7,10-15H2,1-2H3,(H,20,22)/t16-,17+/m1/s1. The maximum Gasteiger partial charge on any atom is 0.246 e. The minimum atomic E-state index is -0.0633. The lowest BCUT2D eigenvalue weighted by atomic mass is 9.99. The summed E-state index contributed by atoms with van der Waals surface area (Å²) in [6, 6.07) is 9.96. The van der Waals surface area contributed by atoms with E-state index in [1.165, 1.54) is 12.8 Å². The van der Waals surface area contributed by atoms with E-state index in [1.807, 2.05) is 30.3 Å². The van der Waals surface area contributed by atoms with Crippen LogP contribution >= 0.6 is 0 Å². The molecule has 24 heavy (non-hydrogen) atoms. The molecule has 134 valence electrons. The summed E-state index contributed by atoms with van der Waals surface area (Å²) in [4.78, 5) is 14.3. The van der Waals surface area contributed by atoms with E-state index >= 15 is 0 Å². The van der Waals surface area contributed by atoms with Crippen LogP contribution in [-0.4, -0.2) is 56.3 Å². The van der Waals surface area contributed by atoms with Gasteiger partial charge >= 0.3 is 0 Å². The second-order valence-electron chi connectivity index (χ2n) is 6.61. The lowest BCUT2D eigenvalue weighted by molar-refractivity contribution is -0.126. The molecule has 1 aromatic carbocycles. The Morgan fingerprint density at radius 3 is 2.88 bits per heavy atom. The van der Waals surface area contributed by atoms with Gasteiger partial charge in [-0.1, -0.05) is 25.1 Å². The number of ether oxygens (including phenoxy) is 2. The summed E-state index contributed by atoms with van der Waals surface area (Å²) in [5.74, 6) is 1.51. The molecule has 2 rings (SSSR count). The van der Waals surface area contributed by atoms with E-state index in [0.29, 0.717) is 25.8 Å². The van der Waals surface area contributed by atoms with E-state index in [1.54, 1.807) is 0 Å². The van der Waals surface area contributed by atoms with Crippen molar-refractivity contribution in [3.05, 3.63) is 30.3 Å². The number of benzene rings is 1. The van der Waals surface area contributed by atoms with Crippen molar-refractivity contribution in [2.75, 3.05) is 39.5 Å². The Morgan fingerprint density at radius 1 is 1.33 bits per heavy atom. The van der Waals surface area contributed by atoms with Crippen LogP contribution < -0.4 is 10.1 Å². The fourth-order valence-corrected chi connectivity index (χ4v) is 2.97. The van der Waals surface area contributed by atoms with Crippen molar-refractivity contribution in [1.29, 1.82) is 0 Å². The van der Waals surface area contributed by atoms with Crippen molar-refractivity contribution in [3.8, 4) is 5.75 Å². The SMILES string of the molecule is C[C@@H]1CCCN([C@@H](C)CNC(=O)COCCOc2ccccc2)C1. The molecule has 0 unspecified atom stereocenters. The molecular formula is C19H30N2O3. The molecule has 5 nitrogen and oxygen atoms in total. The number of nitrogens with one attached hydrogen (secondary N) is 1. The molecule has 1 amide bonds. The predicted octanol–water partition coefficient (Wildman–Crippen LogP) is 2.32. The van der Waals surface area contributed by atoms with E-state index in [4.69, 9.17) is 9.47 Å². The molecule has 0 saturated carbocycles. The molecule has 2 atom stereocenters. The first-order valence-corrected chi connectivity index (χ1v) is 8.91. The Morgan fingerprint density at radius 2 is 2.12 bits per heavy atom. The first-order valence-electron chi connectivity index (χ1n) is 8.91. The van der Waals surface area contributed by atoms with Gasteiger partial charge < -0.3 is 14.8 Å². The van der Waals surface area contributed by atoms with E-state index < -0.39 is 0 Å². The summed E-state index contributed by atoms with van der Waals surface area (Å²) in [7, 11) is 0. The number of rotatable bonds is 9. The maximum absolute atomic E-state index is 11.8. The highest BCUT2D eigenvalue weighted by atomic mass is 16.5.